The first kappa shape index (κ1) is 27.3. The van der Waals surface area contributed by atoms with Crippen LogP contribution in [0.25, 0.3) is 11.3 Å². The first-order valence-electron chi connectivity index (χ1n) is 12.0. The van der Waals surface area contributed by atoms with Gasteiger partial charge in [0.25, 0.3) is 5.91 Å². The summed E-state index contributed by atoms with van der Waals surface area (Å²) < 4.78 is 6.02. The Morgan fingerprint density at radius 1 is 1.18 bits per heavy atom. The maximum absolute atomic E-state index is 13.5. The Kier molecular flexibility index (Phi) is 9.13. The lowest BCUT2D eigenvalue weighted by Gasteiger charge is -2.29. The molecule has 1 fully saturated rings. The molecule has 3 atom stereocenters. The lowest BCUT2D eigenvalue weighted by molar-refractivity contribution is -0.138. The molecular weight excluding hydrogens is 601 g/mol. The number of hydroxylamine groups is 1. The molecule has 4 amide bonds. The van der Waals surface area contributed by atoms with Crippen LogP contribution in [0.1, 0.15) is 36.7 Å². The van der Waals surface area contributed by atoms with E-state index < -0.39 is 29.9 Å². The van der Waals surface area contributed by atoms with E-state index in [2.05, 4.69) is 49.9 Å². The van der Waals surface area contributed by atoms with E-state index in [-0.39, 0.29) is 25.6 Å². The Labute approximate surface area is 233 Å². The molecule has 0 aliphatic carbocycles. The Hall–Kier alpha value is -3.71. The standard InChI is InChI=1S/C27H28IN5O5/c1-3-37-13-14-38-32-23(34)15-21-26(35)33(27(36)31-21)24(17(2)18-7-5-4-6-8-18)25-29-16-22(30-25)19-9-11-20(28)12-10-19/h3-12,16-17,21,24H,1,13-15H2,2H3,(H,29,30)(H,31,36)(H,32,34)/t17-,21-,24+/m1/s1. The molecule has 0 unspecified atom stereocenters. The van der Waals surface area contributed by atoms with Gasteiger partial charge in [-0.05, 0) is 45.9 Å². The molecule has 1 aliphatic rings. The average Bonchev–Trinajstić information content (AvgIpc) is 3.50. The molecule has 1 aromatic heterocycles. The van der Waals surface area contributed by atoms with Crippen LogP contribution in [-0.4, -0.2) is 52.0 Å². The topological polar surface area (TPSA) is 126 Å². The third-order valence-corrected chi connectivity index (χ3v) is 6.88. The number of aromatic nitrogens is 2. The molecular formula is C27H28IN5O5. The van der Waals surface area contributed by atoms with Crippen molar-refractivity contribution in [2.75, 3.05) is 13.2 Å². The molecule has 4 rings (SSSR count). The second-order valence-electron chi connectivity index (χ2n) is 8.66. The van der Waals surface area contributed by atoms with Crippen molar-refractivity contribution in [3.63, 3.8) is 0 Å². The van der Waals surface area contributed by atoms with E-state index in [4.69, 9.17) is 9.57 Å². The van der Waals surface area contributed by atoms with Crippen LogP contribution in [0, 0.1) is 3.57 Å². The second-order valence-corrected chi connectivity index (χ2v) is 9.90. The Morgan fingerprint density at radius 2 is 1.92 bits per heavy atom. The van der Waals surface area contributed by atoms with Crippen LogP contribution in [0.3, 0.4) is 0 Å². The summed E-state index contributed by atoms with van der Waals surface area (Å²) in [7, 11) is 0. The number of carbonyl (C=O) groups excluding carboxylic acids is 3. The first-order chi connectivity index (χ1) is 18.4. The number of ether oxygens (including phenoxy) is 1. The number of halogens is 1. The molecule has 10 nitrogen and oxygen atoms in total. The van der Waals surface area contributed by atoms with Crippen LogP contribution in [0.2, 0.25) is 0 Å². The molecule has 11 heteroatoms. The minimum Gasteiger partial charge on any atom is -0.499 e. The summed E-state index contributed by atoms with van der Waals surface area (Å²) in [6, 6.07) is 15.2. The predicted molar refractivity (Wildman–Crippen MR) is 148 cm³/mol. The summed E-state index contributed by atoms with van der Waals surface area (Å²) in [5.41, 5.74) is 4.89. The molecule has 3 N–H and O–H groups in total. The largest absolute Gasteiger partial charge is 0.499 e. The van der Waals surface area contributed by atoms with Crippen molar-refractivity contribution in [2.24, 2.45) is 0 Å². The SMILES string of the molecule is C=COCCONC(=O)C[C@H]1NC(=O)N([C@H](c2ncc(-c3ccc(I)cc3)[nH]2)[C@H](C)c2ccccc2)C1=O. The highest BCUT2D eigenvalue weighted by Gasteiger charge is 2.46. The number of carbonyl (C=O) groups is 3. The minimum absolute atomic E-state index is 0.104. The van der Waals surface area contributed by atoms with Gasteiger partial charge in [0.05, 0.1) is 24.6 Å². The fourth-order valence-electron chi connectivity index (χ4n) is 4.27. The molecule has 2 heterocycles. The highest BCUT2D eigenvalue weighted by atomic mass is 127. The molecule has 1 aliphatic heterocycles. The highest BCUT2D eigenvalue weighted by molar-refractivity contribution is 14.1. The number of H-pyrrole nitrogens is 1. The van der Waals surface area contributed by atoms with Gasteiger partial charge < -0.3 is 15.0 Å². The number of imide groups is 1. The smallest absolute Gasteiger partial charge is 0.325 e. The normalized spacial score (nSPS) is 16.6. The summed E-state index contributed by atoms with van der Waals surface area (Å²) in [6.45, 7) is 5.67. The number of rotatable bonds is 12. The van der Waals surface area contributed by atoms with E-state index in [9.17, 15) is 14.4 Å². The number of nitrogens with one attached hydrogen (secondary N) is 3. The number of urea groups is 1. The van der Waals surface area contributed by atoms with Gasteiger partial charge in [-0.2, -0.15) is 0 Å². The van der Waals surface area contributed by atoms with Crippen molar-refractivity contribution in [2.45, 2.75) is 31.3 Å². The summed E-state index contributed by atoms with van der Waals surface area (Å²) in [6.07, 6.45) is 2.68. The number of nitrogens with zero attached hydrogens (tertiary/aromatic N) is 2. The number of benzene rings is 2. The number of imidazole rings is 1. The summed E-state index contributed by atoms with van der Waals surface area (Å²) in [5, 5.41) is 2.64. The van der Waals surface area contributed by atoms with E-state index in [1.165, 1.54) is 6.26 Å². The summed E-state index contributed by atoms with van der Waals surface area (Å²) in [4.78, 5) is 53.0. The predicted octanol–water partition coefficient (Wildman–Crippen LogP) is 4.04. The van der Waals surface area contributed by atoms with Crippen molar-refractivity contribution < 1.29 is 24.0 Å². The van der Waals surface area contributed by atoms with E-state index >= 15 is 0 Å². The molecule has 198 valence electrons. The molecule has 3 aromatic rings. The number of aromatic amines is 1. The third kappa shape index (κ3) is 6.40. The van der Waals surface area contributed by atoms with Gasteiger partial charge in [0.2, 0.25) is 5.91 Å². The molecule has 0 bridgehead atoms. The van der Waals surface area contributed by atoms with Crippen LogP contribution in [-0.2, 0) is 19.2 Å². The average molecular weight is 629 g/mol. The van der Waals surface area contributed by atoms with Gasteiger partial charge in [-0.25, -0.2) is 15.3 Å². The highest BCUT2D eigenvalue weighted by Crippen LogP contribution is 2.37. The number of amides is 4. The Balaban J connectivity index is 1.56. The van der Waals surface area contributed by atoms with Crippen molar-refractivity contribution in [3.05, 3.63) is 88.6 Å². The fraction of sp³-hybridized carbons (Fsp3) is 0.259. The van der Waals surface area contributed by atoms with Crippen molar-refractivity contribution >= 4 is 40.4 Å². The van der Waals surface area contributed by atoms with E-state index in [0.29, 0.717) is 5.82 Å². The summed E-state index contributed by atoms with van der Waals surface area (Å²) in [5.74, 6) is -0.882. The van der Waals surface area contributed by atoms with Crippen molar-refractivity contribution in [1.82, 2.24) is 25.7 Å². The third-order valence-electron chi connectivity index (χ3n) is 6.16. The molecule has 0 radical (unpaired) electrons. The number of hydrogen-bond donors (Lipinski definition) is 3. The van der Waals surface area contributed by atoms with Crippen LogP contribution in [0.15, 0.2) is 73.6 Å². The first-order valence-corrected chi connectivity index (χ1v) is 13.1. The zero-order chi connectivity index (χ0) is 27.1. The van der Waals surface area contributed by atoms with Gasteiger partial charge in [-0.15, -0.1) is 0 Å². The maximum atomic E-state index is 13.5. The van der Waals surface area contributed by atoms with Crippen molar-refractivity contribution in [1.29, 1.82) is 0 Å². The maximum Gasteiger partial charge on any atom is 0.325 e. The molecule has 38 heavy (non-hydrogen) atoms. The van der Waals surface area contributed by atoms with Gasteiger partial charge in [-0.3, -0.25) is 19.3 Å². The molecule has 0 saturated carbocycles. The van der Waals surface area contributed by atoms with Gasteiger partial charge in [-0.1, -0.05) is 56.0 Å². The number of hydrogen-bond acceptors (Lipinski definition) is 6. The fourth-order valence-corrected chi connectivity index (χ4v) is 4.63. The van der Waals surface area contributed by atoms with E-state index in [1.807, 2.05) is 61.5 Å². The van der Waals surface area contributed by atoms with Gasteiger partial charge in [0.1, 0.15) is 31.1 Å². The van der Waals surface area contributed by atoms with Crippen LogP contribution in [0.4, 0.5) is 4.79 Å². The van der Waals surface area contributed by atoms with E-state index in [0.717, 1.165) is 25.3 Å². The Bertz CT molecular complexity index is 1280. The molecule has 1 saturated heterocycles. The van der Waals surface area contributed by atoms with Gasteiger partial charge in [0, 0.05) is 9.49 Å². The zero-order valence-corrected chi connectivity index (χ0v) is 22.9. The van der Waals surface area contributed by atoms with Crippen molar-refractivity contribution in [3.8, 4) is 11.3 Å². The molecule has 2 aromatic carbocycles. The van der Waals surface area contributed by atoms with Crippen LogP contribution in [0.5, 0.6) is 0 Å². The summed E-state index contributed by atoms with van der Waals surface area (Å²) >= 11 is 2.24. The monoisotopic (exact) mass is 629 g/mol. The van der Waals surface area contributed by atoms with Crippen LogP contribution < -0.4 is 10.8 Å². The lowest BCUT2D eigenvalue weighted by Crippen LogP contribution is -2.39. The zero-order valence-electron chi connectivity index (χ0n) is 20.7. The minimum atomic E-state index is -1.04. The Morgan fingerprint density at radius 3 is 2.63 bits per heavy atom. The quantitative estimate of drug-likeness (QED) is 0.0914. The van der Waals surface area contributed by atoms with Gasteiger partial charge >= 0.3 is 6.03 Å². The van der Waals surface area contributed by atoms with Crippen LogP contribution >= 0.6 is 22.6 Å². The van der Waals surface area contributed by atoms with E-state index in [1.54, 1.807) is 6.20 Å². The second kappa shape index (κ2) is 12.7. The van der Waals surface area contributed by atoms with Gasteiger partial charge in [0.15, 0.2) is 0 Å². The molecule has 0 spiro atoms. The lowest BCUT2D eigenvalue weighted by atomic mass is 9.91.